The molecule has 2 heterocycles. The average molecular weight is 583 g/mol. The standard InChI is InChI=1S/C29H32F2N6O5/c1-17-14-37(28(39)24-13-32-9-10-33-24)18(2)16-42-25-12-20(6-7-21(25)27(38)36(3)15-26(17)41-4)34-29(40)35-23-11-19(30)5-8-22(23)31/h5-13,17-18,26H,14-16H2,1-4H3,(H2,34,35,40)/t17-,18-,26-/m0/s1. The van der Waals surface area contributed by atoms with E-state index in [0.717, 1.165) is 18.2 Å². The summed E-state index contributed by atoms with van der Waals surface area (Å²) in [5, 5.41) is 4.79. The molecule has 1 aliphatic rings. The van der Waals surface area contributed by atoms with Gasteiger partial charge in [0, 0.05) is 63.4 Å². The second-order valence-electron chi connectivity index (χ2n) is 10.1. The summed E-state index contributed by atoms with van der Waals surface area (Å²) in [7, 11) is 3.19. The van der Waals surface area contributed by atoms with Gasteiger partial charge in [0.2, 0.25) is 0 Å². The van der Waals surface area contributed by atoms with Crippen molar-refractivity contribution in [3.8, 4) is 5.75 Å². The number of urea groups is 1. The van der Waals surface area contributed by atoms with Crippen molar-refractivity contribution >= 4 is 29.2 Å². The first-order valence-corrected chi connectivity index (χ1v) is 13.2. The number of nitrogens with zero attached hydrogens (tertiary/aromatic N) is 4. The van der Waals surface area contributed by atoms with Crippen LogP contribution in [0.1, 0.15) is 34.7 Å². The van der Waals surface area contributed by atoms with E-state index in [4.69, 9.17) is 9.47 Å². The molecule has 0 aliphatic carbocycles. The first-order chi connectivity index (χ1) is 20.1. The van der Waals surface area contributed by atoms with E-state index < -0.39 is 23.7 Å². The van der Waals surface area contributed by atoms with E-state index >= 15 is 0 Å². The highest BCUT2D eigenvalue weighted by atomic mass is 19.1. The van der Waals surface area contributed by atoms with Gasteiger partial charge in [0.05, 0.1) is 29.6 Å². The Morgan fingerprint density at radius 2 is 1.86 bits per heavy atom. The molecule has 3 atom stereocenters. The van der Waals surface area contributed by atoms with Crippen LogP contribution in [0.15, 0.2) is 55.0 Å². The number of nitrogens with one attached hydrogen (secondary N) is 2. The van der Waals surface area contributed by atoms with Crippen molar-refractivity contribution in [3.05, 3.63) is 77.9 Å². The lowest BCUT2D eigenvalue weighted by molar-refractivity contribution is 0.0109. The summed E-state index contributed by atoms with van der Waals surface area (Å²) >= 11 is 0. The molecule has 0 radical (unpaired) electrons. The van der Waals surface area contributed by atoms with Crippen LogP contribution in [0.5, 0.6) is 5.75 Å². The Hall–Kier alpha value is -4.65. The van der Waals surface area contributed by atoms with Gasteiger partial charge in [-0.25, -0.2) is 18.6 Å². The molecule has 1 aliphatic heterocycles. The number of likely N-dealkylation sites (N-methyl/N-ethyl adjacent to an activating group) is 1. The summed E-state index contributed by atoms with van der Waals surface area (Å²) in [5.41, 5.74) is 0.295. The van der Waals surface area contributed by atoms with Crippen molar-refractivity contribution in [1.82, 2.24) is 19.8 Å². The van der Waals surface area contributed by atoms with Gasteiger partial charge in [0.15, 0.2) is 0 Å². The van der Waals surface area contributed by atoms with Crippen LogP contribution in [0.4, 0.5) is 25.0 Å². The van der Waals surface area contributed by atoms with E-state index in [1.165, 1.54) is 41.7 Å². The normalized spacial score (nSPS) is 19.6. The number of anilines is 2. The van der Waals surface area contributed by atoms with E-state index in [9.17, 15) is 23.2 Å². The third kappa shape index (κ3) is 7.16. The van der Waals surface area contributed by atoms with Crippen LogP contribution in [-0.2, 0) is 4.74 Å². The molecule has 0 bridgehead atoms. The minimum absolute atomic E-state index is 0.00448. The molecule has 0 spiro atoms. The molecule has 3 aromatic rings. The fourth-order valence-electron chi connectivity index (χ4n) is 4.57. The Morgan fingerprint density at radius 1 is 1.07 bits per heavy atom. The van der Waals surface area contributed by atoms with Gasteiger partial charge in [0.25, 0.3) is 11.8 Å². The second-order valence-corrected chi connectivity index (χ2v) is 10.1. The summed E-state index contributed by atoms with van der Waals surface area (Å²) in [4.78, 5) is 50.7. The van der Waals surface area contributed by atoms with Crippen LogP contribution >= 0.6 is 0 Å². The number of hydrogen-bond donors (Lipinski definition) is 2. The Balaban J connectivity index is 1.62. The SMILES string of the molecule is CO[C@H]1CN(C)C(=O)c2ccc(NC(=O)Nc3cc(F)ccc3F)cc2OC[C@H](C)N(C(=O)c2cnccn2)C[C@@H]1C. The molecule has 42 heavy (non-hydrogen) atoms. The number of carbonyl (C=O) groups is 3. The maximum Gasteiger partial charge on any atom is 0.323 e. The molecule has 4 amide bonds. The number of fused-ring (bicyclic) bond motifs is 1. The van der Waals surface area contributed by atoms with Crippen LogP contribution in [0.25, 0.3) is 0 Å². The zero-order valence-electron chi connectivity index (χ0n) is 23.6. The van der Waals surface area contributed by atoms with E-state index in [1.807, 2.05) is 13.8 Å². The third-order valence-electron chi connectivity index (χ3n) is 6.92. The summed E-state index contributed by atoms with van der Waals surface area (Å²) in [6.07, 6.45) is 3.93. The Labute approximate surface area is 241 Å². The molecule has 11 nitrogen and oxygen atoms in total. The van der Waals surface area contributed by atoms with Gasteiger partial charge in [-0.05, 0) is 31.2 Å². The largest absolute Gasteiger partial charge is 0.491 e. The molecule has 4 rings (SSSR count). The zero-order valence-corrected chi connectivity index (χ0v) is 23.6. The summed E-state index contributed by atoms with van der Waals surface area (Å²) in [6.45, 7) is 4.29. The molecule has 2 N–H and O–H groups in total. The molecule has 0 saturated carbocycles. The lowest BCUT2D eigenvalue weighted by Gasteiger charge is -2.35. The maximum atomic E-state index is 14.0. The monoisotopic (exact) mass is 582 g/mol. The number of halogens is 2. The van der Waals surface area contributed by atoms with E-state index in [-0.39, 0.29) is 65.4 Å². The Bertz CT molecular complexity index is 1440. The molecular formula is C29H32F2N6O5. The third-order valence-corrected chi connectivity index (χ3v) is 6.92. The van der Waals surface area contributed by atoms with Crippen molar-refractivity contribution in [2.75, 3.05) is 44.5 Å². The van der Waals surface area contributed by atoms with Crippen molar-refractivity contribution in [2.24, 2.45) is 5.92 Å². The van der Waals surface area contributed by atoms with Gasteiger partial charge in [-0.2, -0.15) is 0 Å². The predicted octanol–water partition coefficient (Wildman–Crippen LogP) is 4.05. The topological polar surface area (TPSA) is 126 Å². The molecule has 1 aromatic heterocycles. The van der Waals surface area contributed by atoms with Gasteiger partial charge >= 0.3 is 6.03 Å². The zero-order chi connectivity index (χ0) is 30.4. The van der Waals surface area contributed by atoms with Crippen LogP contribution in [0.3, 0.4) is 0 Å². The van der Waals surface area contributed by atoms with E-state index in [1.54, 1.807) is 19.1 Å². The molecule has 222 valence electrons. The predicted molar refractivity (Wildman–Crippen MR) is 150 cm³/mol. The van der Waals surface area contributed by atoms with Crippen LogP contribution in [-0.4, -0.2) is 83.6 Å². The first-order valence-electron chi connectivity index (χ1n) is 13.2. The number of ether oxygens (including phenoxy) is 2. The average Bonchev–Trinajstić information content (AvgIpc) is 2.98. The number of carbonyl (C=O) groups excluding carboxylic acids is 3. The van der Waals surface area contributed by atoms with Gasteiger partial charge < -0.3 is 29.9 Å². The molecule has 0 unspecified atom stereocenters. The summed E-state index contributed by atoms with van der Waals surface area (Å²) in [5.74, 6) is -2.19. The van der Waals surface area contributed by atoms with Crippen molar-refractivity contribution in [1.29, 1.82) is 0 Å². The van der Waals surface area contributed by atoms with Crippen molar-refractivity contribution in [3.63, 3.8) is 0 Å². The Morgan fingerprint density at radius 3 is 2.57 bits per heavy atom. The highest BCUT2D eigenvalue weighted by Gasteiger charge is 2.31. The van der Waals surface area contributed by atoms with E-state index in [0.29, 0.717) is 6.54 Å². The van der Waals surface area contributed by atoms with Gasteiger partial charge in [-0.3, -0.25) is 14.6 Å². The molecule has 2 aromatic carbocycles. The second kappa shape index (κ2) is 13.3. The maximum absolute atomic E-state index is 14.0. The van der Waals surface area contributed by atoms with Crippen LogP contribution in [0, 0.1) is 17.6 Å². The first kappa shape index (κ1) is 30.3. The number of methoxy groups -OCH3 is 1. The molecular weight excluding hydrogens is 550 g/mol. The summed E-state index contributed by atoms with van der Waals surface area (Å²) in [6, 6.07) is 5.84. The van der Waals surface area contributed by atoms with Gasteiger partial charge in [0.1, 0.15) is 29.7 Å². The van der Waals surface area contributed by atoms with Crippen LogP contribution < -0.4 is 15.4 Å². The highest BCUT2D eigenvalue weighted by Crippen LogP contribution is 2.27. The number of rotatable bonds is 4. The number of aromatic nitrogens is 2. The molecule has 0 fully saturated rings. The fraction of sp³-hybridized carbons (Fsp3) is 0.345. The van der Waals surface area contributed by atoms with Crippen LogP contribution in [0.2, 0.25) is 0 Å². The quantitative estimate of drug-likeness (QED) is 0.476. The minimum Gasteiger partial charge on any atom is -0.491 e. The lowest BCUT2D eigenvalue weighted by Crippen LogP contribution is -2.48. The lowest BCUT2D eigenvalue weighted by atomic mass is 10.0. The highest BCUT2D eigenvalue weighted by molar-refractivity contribution is 6.01. The number of benzene rings is 2. The number of hydrogen-bond acceptors (Lipinski definition) is 7. The Kier molecular flexibility index (Phi) is 9.63. The number of amides is 4. The van der Waals surface area contributed by atoms with Gasteiger partial charge in [-0.15, -0.1) is 0 Å². The minimum atomic E-state index is -0.831. The van der Waals surface area contributed by atoms with Gasteiger partial charge in [-0.1, -0.05) is 6.92 Å². The smallest absolute Gasteiger partial charge is 0.323 e. The fourth-order valence-corrected chi connectivity index (χ4v) is 4.57. The van der Waals surface area contributed by atoms with Crippen molar-refractivity contribution in [2.45, 2.75) is 26.0 Å². The van der Waals surface area contributed by atoms with Crippen molar-refractivity contribution < 1.29 is 32.6 Å². The molecule has 13 heteroatoms. The molecule has 0 saturated heterocycles. The summed E-state index contributed by atoms with van der Waals surface area (Å²) < 4.78 is 39.3. The van der Waals surface area contributed by atoms with E-state index in [2.05, 4.69) is 20.6 Å².